The summed E-state index contributed by atoms with van der Waals surface area (Å²) < 4.78 is 15.8. The summed E-state index contributed by atoms with van der Waals surface area (Å²) in [6.45, 7) is 3.87. The number of anilines is 1. The molecule has 1 atom stereocenters. The summed E-state index contributed by atoms with van der Waals surface area (Å²) in [6.07, 6.45) is 0. The molecule has 6 nitrogen and oxygen atoms in total. The van der Waals surface area contributed by atoms with Crippen molar-refractivity contribution in [3.63, 3.8) is 0 Å². The lowest BCUT2D eigenvalue weighted by Crippen LogP contribution is -2.31. The standard InChI is InChI=1S/C19H23ClN2O4/c1-11-6-7-16(24-3)13(8-11)12(2)21-19(23)22-15-9-14(20)17(25-4)10-18(15)26-5/h6-10,12H,1-5H3,(H2,21,22,23). The number of rotatable bonds is 6. The fourth-order valence-corrected chi connectivity index (χ4v) is 2.82. The average molecular weight is 379 g/mol. The Bertz CT molecular complexity index is 795. The Labute approximate surface area is 158 Å². The van der Waals surface area contributed by atoms with Crippen molar-refractivity contribution in [1.82, 2.24) is 5.32 Å². The molecule has 2 N–H and O–H groups in total. The summed E-state index contributed by atoms with van der Waals surface area (Å²) in [4.78, 5) is 12.4. The highest BCUT2D eigenvalue weighted by Gasteiger charge is 2.17. The number of hydrogen-bond donors (Lipinski definition) is 2. The molecule has 2 rings (SSSR count). The van der Waals surface area contributed by atoms with Gasteiger partial charge in [-0.1, -0.05) is 29.3 Å². The molecule has 0 saturated heterocycles. The zero-order chi connectivity index (χ0) is 19.3. The maximum absolute atomic E-state index is 12.4. The first kappa shape index (κ1) is 19.7. The molecule has 0 aliphatic carbocycles. The first-order valence-electron chi connectivity index (χ1n) is 8.03. The van der Waals surface area contributed by atoms with Crippen LogP contribution in [0.2, 0.25) is 5.02 Å². The van der Waals surface area contributed by atoms with E-state index in [1.54, 1.807) is 19.2 Å². The van der Waals surface area contributed by atoms with Gasteiger partial charge in [-0.3, -0.25) is 0 Å². The molecule has 7 heteroatoms. The van der Waals surface area contributed by atoms with E-state index in [1.807, 2.05) is 32.0 Å². The first-order chi connectivity index (χ1) is 12.4. The number of benzene rings is 2. The predicted octanol–water partition coefficient (Wildman–Crippen LogP) is 4.56. The predicted molar refractivity (Wildman–Crippen MR) is 103 cm³/mol. The van der Waals surface area contributed by atoms with Gasteiger partial charge in [-0.15, -0.1) is 0 Å². The van der Waals surface area contributed by atoms with Gasteiger partial charge in [-0.25, -0.2) is 4.79 Å². The number of carbonyl (C=O) groups excluding carboxylic acids is 1. The van der Waals surface area contributed by atoms with Crippen LogP contribution in [0.3, 0.4) is 0 Å². The van der Waals surface area contributed by atoms with E-state index in [2.05, 4.69) is 10.6 Å². The molecule has 1 unspecified atom stereocenters. The van der Waals surface area contributed by atoms with Crippen molar-refractivity contribution in [2.24, 2.45) is 0 Å². The van der Waals surface area contributed by atoms with Gasteiger partial charge in [-0.05, 0) is 26.0 Å². The zero-order valence-corrected chi connectivity index (χ0v) is 16.2. The first-order valence-corrected chi connectivity index (χ1v) is 8.41. The van der Waals surface area contributed by atoms with Crippen LogP contribution in [0, 0.1) is 6.92 Å². The molecule has 0 aliphatic heterocycles. The summed E-state index contributed by atoms with van der Waals surface area (Å²) in [5, 5.41) is 6.01. The fourth-order valence-electron chi connectivity index (χ4n) is 2.58. The van der Waals surface area contributed by atoms with Crippen LogP contribution in [0.1, 0.15) is 24.1 Å². The van der Waals surface area contributed by atoms with E-state index in [9.17, 15) is 4.79 Å². The van der Waals surface area contributed by atoms with Crippen molar-refractivity contribution in [3.8, 4) is 17.2 Å². The lowest BCUT2D eigenvalue weighted by atomic mass is 10.0. The molecule has 2 amide bonds. The molecule has 0 heterocycles. The molecule has 2 aromatic carbocycles. The molecule has 0 radical (unpaired) electrons. The minimum atomic E-state index is -0.388. The maximum Gasteiger partial charge on any atom is 0.319 e. The van der Waals surface area contributed by atoms with Crippen LogP contribution in [-0.2, 0) is 0 Å². The van der Waals surface area contributed by atoms with Gasteiger partial charge in [0.05, 0.1) is 38.1 Å². The molecule has 0 saturated carbocycles. The third-order valence-corrected chi connectivity index (χ3v) is 4.22. The Hall–Kier alpha value is -2.60. The summed E-state index contributed by atoms with van der Waals surface area (Å²) in [6, 6.07) is 8.37. The Kier molecular flexibility index (Phi) is 6.58. The largest absolute Gasteiger partial charge is 0.496 e. The van der Waals surface area contributed by atoms with Crippen LogP contribution < -0.4 is 24.8 Å². The zero-order valence-electron chi connectivity index (χ0n) is 15.5. The van der Waals surface area contributed by atoms with E-state index in [0.717, 1.165) is 11.1 Å². The third-order valence-electron chi connectivity index (χ3n) is 3.92. The smallest absolute Gasteiger partial charge is 0.319 e. The molecule has 2 aromatic rings. The van der Waals surface area contributed by atoms with Crippen molar-refractivity contribution in [3.05, 3.63) is 46.5 Å². The van der Waals surface area contributed by atoms with Gasteiger partial charge in [0.1, 0.15) is 17.2 Å². The minimum Gasteiger partial charge on any atom is -0.496 e. The highest BCUT2D eigenvalue weighted by atomic mass is 35.5. The number of ether oxygens (including phenoxy) is 3. The van der Waals surface area contributed by atoms with Crippen molar-refractivity contribution < 1.29 is 19.0 Å². The quantitative estimate of drug-likeness (QED) is 0.773. The summed E-state index contributed by atoms with van der Waals surface area (Å²) in [5.41, 5.74) is 2.42. The second-order valence-electron chi connectivity index (χ2n) is 5.75. The molecule has 0 spiro atoms. The maximum atomic E-state index is 12.4. The second kappa shape index (κ2) is 8.67. The Morgan fingerprint density at radius 3 is 2.27 bits per heavy atom. The van der Waals surface area contributed by atoms with E-state index in [4.69, 9.17) is 25.8 Å². The van der Waals surface area contributed by atoms with E-state index in [0.29, 0.717) is 28.0 Å². The molecular weight excluding hydrogens is 356 g/mol. The molecule has 0 fully saturated rings. The molecule has 0 aromatic heterocycles. The van der Waals surface area contributed by atoms with E-state index in [-0.39, 0.29) is 12.1 Å². The van der Waals surface area contributed by atoms with Crippen LogP contribution in [-0.4, -0.2) is 27.4 Å². The number of carbonyl (C=O) groups is 1. The normalized spacial score (nSPS) is 11.5. The van der Waals surface area contributed by atoms with Gasteiger partial charge >= 0.3 is 6.03 Å². The lowest BCUT2D eigenvalue weighted by Gasteiger charge is -2.19. The SMILES string of the molecule is COc1cc(OC)c(NC(=O)NC(C)c2cc(C)ccc2OC)cc1Cl. The van der Waals surface area contributed by atoms with Crippen LogP contribution in [0.5, 0.6) is 17.2 Å². The summed E-state index contributed by atoms with van der Waals surface area (Å²) >= 11 is 6.13. The monoisotopic (exact) mass is 378 g/mol. The summed E-state index contributed by atoms with van der Waals surface area (Å²) in [5.74, 6) is 1.63. The number of aryl methyl sites for hydroxylation is 1. The summed E-state index contributed by atoms with van der Waals surface area (Å²) in [7, 11) is 4.62. The third kappa shape index (κ3) is 4.52. The number of urea groups is 1. The van der Waals surface area contributed by atoms with Crippen LogP contribution in [0.25, 0.3) is 0 Å². The molecule has 0 aliphatic rings. The molecule has 26 heavy (non-hydrogen) atoms. The van der Waals surface area contributed by atoms with E-state index in [1.165, 1.54) is 14.2 Å². The number of nitrogens with one attached hydrogen (secondary N) is 2. The number of halogens is 1. The van der Waals surface area contributed by atoms with E-state index >= 15 is 0 Å². The van der Waals surface area contributed by atoms with Gasteiger partial charge in [0.15, 0.2) is 0 Å². The van der Waals surface area contributed by atoms with Gasteiger partial charge < -0.3 is 24.8 Å². The molecule has 0 bridgehead atoms. The molecule has 140 valence electrons. The van der Waals surface area contributed by atoms with Crippen LogP contribution >= 0.6 is 11.6 Å². The van der Waals surface area contributed by atoms with Crippen molar-refractivity contribution in [2.75, 3.05) is 26.6 Å². The van der Waals surface area contributed by atoms with Gasteiger partial charge in [0.25, 0.3) is 0 Å². The van der Waals surface area contributed by atoms with Gasteiger partial charge in [0, 0.05) is 11.6 Å². The number of hydrogen-bond acceptors (Lipinski definition) is 4. The topological polar surface area (TPSA) is 68.8 Å². The number of amides is 2. The van der Waals surface area contributed by atoms with Crippen LogP contribution in [0.15, 0.2) is 30.3 Å². The van der Waals surface area contributed by atoms with Crippen LogP contribution in [0.4, 0.5) is 10.5 Å². The van der Waals surface area contributed by atoms with Gasteiger partial charge in [-0.2, -0.15) is 0 Å². The highest BCUT2D eigenvalue weighted by Crippen LogP contribution is 2.36. The minimum absolute atomic E-state index is 0.260. The average Bonchev–Trinajstić information content (AvgIpc) is 2.61. The highest BCUT2D eigenvalue weighted by molar-refractivity contribution is 6.32. The van der Waals surface area contributed by atoms with Crippen molar-refractivity contribution >= 4 is 23.3 Å². The second-order valence-corrected chi connectivity index (χ2v) is 6.16. The Balaban J connectivity index is 2.16. The Morgan fingerprint density at radius 2 is 1.65 bits per heavy atom. The van der Waals surface area contributed by atoms with E-state index < -0.39 is 0 Å². The van der Waals surface area contributed by atoms with Crippen molar-refractivity contribution in [1.29, 1.82) is 0 Å². The number of methoxy groups -OCH3 is 3. The van der Waals surface area contributed by atoms with Gasteiger partial charge in [0.2, 0.25) is 0 Å². The van der Waals surface area contributed by atoms with Crippen molar-refractivity contribution in [2.45, 2.75) is 19.9 Å². The molecular formula is C19H23ClN2O4. The lowest BCUT2D eigenvalue weighted by molar-refractivity contribution is 0.249. The Morgan fingerprint density at radius 1 is 1.00 bits per heavy atom. The fraction of sp³-hybridized carbons (Fsp3) is 0.316.